The number of anilines is 1. The molecule has 0 amide bonds. The molecule has 0 aromatic heterocycles. The molecule has 0 aliphatic carbocycles. The zero-order valence-corrected chi connectivity index (χ0v) is 13.7. The summed E-state index contributed by atoms with van der Waals surface area (Å²) in [5, 5.41) is 0. The molecule has 3 nitrogen and oxygen atoms in total. The van der Waals surface area contributed by atoms with E-state index in [2.05, 4.69) is 70.9 Å². The van der Waals surface area contributed by atoms with Crippen molar-refractivity contribution in [3.05, 3.63) is 28.7 Å². The summed E-state index contributed by atoms with van der Waals surface area (Å²) in [6, 6.07) is 8.89. The Labute approximate surface area is 124 Å². The van der Waals surface area contributed by atoms with Gasteiger partial charge in [0.1, 0.15) is 0 Å². The smallest absolute Gasteiger partial charge is 0.0544 e. The van der Waals surface area contributed by atoms with Gasteiger partial charge in [0.15, 0.2) is 0 Å². The molecule has 1 aromatic carbocycles. The molecule has 0 bridgehead atoms. The first-order valence-corrected chi connectivity index (χ1v) is 7.67. The highest BCUT2D eigenvalue weighted by Crippen LogP contribution is 2.32. The van der Waals surface area contributed by atoms with E-state index in [1.807, 2.05) is 0 Å². The molecular formula is C15H24BrN3. The molecule has 1 aromatic rings. The van der Waals surface area contributed by atoms with Crippen LogP contribution in [-0.4, -0.2) is 43.2 Å². The van der Waals surface area contributed by atoms with Gasteiger partial charge < -0.3 is 15.5 Å². The number of halogens is 1. The Hall–Kier alpha value is -0.580. The lowest BCUT2D eigenvalue weighted by Gasteiger charge is -2.43. The maximum atomic E-state index is 6.04. The average molecular weight is 326 g/mol. The van der Waals surface area contributed by atoms with Crippen LogP contribution in [0.3, 0.4) is 0 Å². The summed E-state index contributed by atoms with van der Waals surface area (Å²) in [6.07, 6.45) is 1.15. The van der Waals surface area contributed by atoms with Gasteiger partial charge >= 0.3 is 0 Å². The lowest BCUT2D eigenvalue weighted by molar-refractivity contribution is 0.329. The minimum atomic E-state index is 0.121. The molecule has 1 aliphatic heterocycles. The molecule has 106 valence electrons. The van der Waals surface area contributed by atoms with E-state index in [1.54, 1.807) is 0 Å². The highest BCUT2D eigenvalue weighted by Gasteiger charge is 2.35. The molecule has 4 heteroatoms. The fourth-order valence-electron chi connectivity index (χ4n) is 2.98. The van der Waals surface area contributed by atoms with E-state index in [-0.39, 0.29) is 5.54 Å². The highest BCUT2D eigenvalue weighted by molar-refractivity contribution is 9.10. The Kier molecular flexibility index (Phi) is 4.54. The zero-order valence-electron chi connectivity index (χ0n) is 12.1. The Morgan fingerprint density at radius 2 is 2.16 bits per heavy atom. The Balaban J connectivity index is 2.41. The van der Waals surface area contributed by atoms with Crippen LogP contribution in [-0.2, 0) is 0 Å². The van der Waals surface area contributed by atoms with E-state index in [0.717, 1.165) is 24.0 Å². The van der Waals surface area contributed by atoms with Crippen LogP contribution in [0.5, 0.6) is 0 Å². The minimum absolute atomic E-state index is 0.121. The van der Waals surface area contributed by atoms with E-state index in [9.17, 15) is 0 Å². The number of rotatable bonds is 2. The second-order valence-electron chi connectivity index (χ2n) is 6.06. The summed E-state index contributed by atoms with van der Waals surface area (Å²) in [7, 11) is 2.18. The quantitative estimate of drug-likeness (QED) is 0.907. The van der Waals surface area contributed by atoms with Gasteiger partial charge in [-0.1, -0.05) is 22.0 Å². The maximum absolute atomic E-state index is 6.04. The second kappa shape index (κ2) is 5.81. The zero-order chi connectivity index (χ0) is 14.0. The van der Waals surface area contributed by atoms with Crippen molar-refractivity contribution in [3.63, 3.8) is 0 Å². The van der Waals surface area contributed by atoms with Crippen molar-refractivity contribution >= 4 is 21.6 Å². The van der Waals surface area contributed by atoms with Gasteiger partial charge in [0.05, 0.1) is 6.04 Å². The molecule has 2 rings (SSSR count). The van der Waals surface area contributed by atoms with Crippen molar-refractivity contribution in [2.75, 3.05) is 31.6 Å². The Morgan fingerprint density at radius 3 is 2.79 bits per heavy atom. The predicted molar refractivity (Wildman–Crippen MR) is 85.7 cm³/mol. The van der Waals surface area contributed by atoms with E-state index < -0.39 is 0 Å². The van der Waals surface area contributed by atoms with Crippen molar-refractivity contribution in [3.8, 4) is 0 Å². The molecule has 0 radical (unpaired) electrons. The third kappa shape index (κ3) is 3.30. The standard InChI is InChI=1S/C15H24BrN3/c1-15(2)7-8-18(3)11-14(10-17)19(15)13-6-4-5-12(16)9-13/h4-6,9,14H,7-8,10-11,17H2,1-3H3. The fraction of sp³-hybridized carbons (Fsp3) is 0.600. The fourth-order valence-corrected chi connectivity index (χ4v) is 3.37. The van der Waals surface area contributed by atoms with Crippen LogP contribution in [0.25, 0.3) is 0 Å². The summed E-state index contributed by atoms with van der Waals surface area (Å²) in [6.45, 7) is 7.45. The van der Waals surface area contributed by atoms with Gasteiger partial charge in [0.2, 0.25) is 0 Å². The van der Waals surface area contributed by atoms with Crippen molar-refractivity contribution in [2.45, 2.75) is 31.8 Å². The molecule has 1 fully saturated rings. The van der Waals surface area contributed by atoms with Crippen molar-refractivity contribution < 1.29 is 0 Å². The summed E-state index contributed by atoms with van der Waals surface area (Å²) in [5.74, 6) is 0. The van der Waals surface area contributed by atoms with Gasteiger partial charge in [0, 0.05) is 35.3 Å². The summed E-state index contributed by atoms with van der Waals surface area (Å²) in [4.78, 5) is 4.89. The van der Waals surface area contributed by atoms with Gasteiger partial charge in [0.25, 0.3) is 0 Å². The third-order valence-corrected chi connectivity index (χ3v) is 4.50. The van der Waals surface area contributed by atoms with E-state index >= 15 is 0 Å². The molecule has 0 spiro atoms. The number of benzene rings is 1. The minimum Gasteiger partial charge on any atom is -0.361 e. The normalized spacial score (nSPS) is 24.3. The lowest BCUT2D eigenvalue weighted by Crippen LogP contribution is -2.54. The van der Waals surface area contributed by atoms with Crippen molar-refractivity contribution in [1.82, 2.24) is 4.90 Å². The average Bonchev–Trinajstić information content (AvgIpc) is 2.46. The Morgan fingerprint density at radius 1 is 1.42 bits per heavy atom. The van der Waals surface area contributed by atoms with Gasteiger partial charge in [-0.3, -0.25) is 0 Å². The highest BCUT2D eigenvalue weighted by atomic mass is 79.9. The van der Waals surface area contributed by atoms with Crippen LogP contribution < -0.4 is 10.6 Å². The molecule has 1 atom stereocenters. The molecule has 19 heavy (non-hydrogen) atoms. The van der Waals surface area contributed by atoms with Gasteiger partial charge in [-0.2, -0.15) is 0 Å². The number of nitrogens with zero attached hydrogens (tertiary/aromatic N) is 2. The molecule has 1 aliphatic rings. The second-order valence-corrected chi connectivity index (χ2v) is 6.98. The number of nitrogens with two attached hydrogens (primary N) is 1. The molecular weight excluding hydrogens is 302 g/mol. The first-order chi connectivity index (χ1) is 8.94. The van der Waals surface area contributed by atoms with Crippen LogP contribution in [0.2, 0.25) is 0 Å². The van der Waals surface area contributed by atoms with E-state index in [0.29, 0.717) is 12.6 Å². The third-order valence-electron chi connectivity index (χ3n) is 4.00. The molecule has 1 saturated heterocycles. The first-order valence-electron chi connectivity index (χ1n) is 6.87. The monoisotopic (exact) mass is 325 g/mol. The van der Waals surface area contributed by atoms with Crippen LogP contribution in [0, 0.1) is 0 Å². The van der Waals surface area contributed by atoms with Crippen LogP contribution in [0.1, 0.15) is 20.3 Å². The number of likely N-dealkylation sites (N-methyl/N-ethyl adjacent to an activating group) is 1. The number of hydrogen-bond acceptors (Lipinski definition) is 3. The van der Waals surface area contributed by atoms with Gasteiger partial charge in [-0.25, -0.2) is 0 Å². The predicted octanol–water partition coefficient (Wildman–Crippen LogP) is 2.70. The van der Waals surface area contributed by atoms with Crippen LogP contribution in [0.15, 0.2) is 28.7 Å². The van der Waals surface area contributed by atoms with Crippen LogP contribution in [0.4, 0.5) is 5.69 Å². The van der Waals surface area contributed by atoms with Crippen molar-refractivity contribution in [1.29, 1.82) is 0 Å². The summed E-state index contributed by atoms with van der Waals surface area (Å²) < 4.78 is 1.12. The Bertz CT molecular complexity index is 433. The lowest BCUT2D eigenvalue weighted by atomic mass is 9.95. The number of hydrogen-bond donors (Lipinski definition) is 1. The topological polar surface area (TPSA) is 32.5 Å². The van der Waals surface area contributed by atoms with Crippen LogP contribution >= 0.6 is 15.9 Å². The first kappa shape index (κ1) is 14.8. The SMILES string of the molecule is CN1CCC(C)(C)N(c2cccc(Br)c2)C(CN)C1. The van der Waals surface area contributed by atoms with E-state index in [4.69, 9.17) is 5.73 Å². The molecule has 0 saturated carbocycles. The molecule has 1 heterocycles. The molecule has 2 N–H and O–H groups in total. The summed E-state index contributed by atoms with van der Waals surface area (Å²) in [5.41, 5.74) is 7.42. The van der Waals surface area contributed by atoms with Gasteiger partial charge in [-0.15, -0.1) is 0 Å². The largest absolute Gasteiger partial charge is 0.361 e. The molecule has 1 unspecified atom stereocenters. The van der Waals surface area contributed by atoms with Crippen molar-refractivity contribution in [2.24, 2.45) is 5.73 Å². The maximum Gasteiger partial charge on any atom is 0.0544 e. The van der Waals surface area contributed by atoms with E-state index in [1.165, 1.54) is 5.69 Å². The summed E-state index contributed by atoms with van der Waals surface area (Å²) >= 11 is 3.57. The van der Waals surface area contributed by atoms with Gasteiger partial charge in [-0.05, 0) is 45.5 Å².